The van der Waals surface area contributed by atoms with E-state index in [0.29, 0.717) is 11.1 Å². The summed E-state index contributed by atoms with van der Waals surface area (Å²) in [6, 6.07) is 4.77. The quantitative estimate of drug-likeness (QED) is 0.803. The number of benzene rings is 1. The van der Waals surface area contributed by atoms with Crippen LogP contribution in [-0.4, -0.2) is 30.0 Å². The molecule has 27 heavy (non-hydrogen) atoms. The lowest BCUT2D eigenvalue weighted by atomic mass is 9.93. The number of thiazole rings is 1. The SMILES string of the molecule is Cc1ccc(C#CC(=O)NC2CCN(c3nc(C(C)(C)C)cs3)C2)cc1F. The van der Waals surface area contributed by atoms with Gasteiger partial charge in [0.05, 0.1) is 5.69 Å². The Labute approximate surface area is 163 Å². The molecule has 1 amide bonds. The van der Waals surface area contributed by atoms with Gasteiger partial charge < -0.3 is 10.2 Å². The summed E-state index contributed by atoms with van der Waals surface area (Å²) in [5.41, 5.74) is 2.19. The monoisotopic (exact) mass is 385 g/mol. The number of aromatic nitrogens is 1. The topological polar surface area (TPSA) is 45.2 Å². The Morgan fingerprint density at radius 3 is 2.85 bits per heavy atom. The van der Waals surface area contributed by atoms with Crippen LogP contribution in [0.25, 0.3) is 0 Å². The summed E-state index contributed by atoms with van der Waals surface area (Å²) in [4.78, 5) is 19.0. The highest BCUT2D eigenvalue weighted by molar-refractivity contribution is 7.13. The van der Waals surface area contributed by atoms with Crippen LogP contribution in [0.15, 0.2) is 23.6 Å². The molecule has 1 atom stereocenters. The van der Waals surface area contributed by atoms with Crippen molar-refractivity contribution in [3.63, 3.8) is 0 Å². The fraction of sp³-hybridized carbons (Fsp3) is 0.429. The molecule has 1 saturated heterocycles. The standard InChI is InChI=1S/C21H24FN3OS/c1-14-5-6-15(11-17(14)22)7-8-19(26)23-16-9-10-25(12-16)20-24-18(13-27-20)21(2,3)4/h5-6,11,13,16H,9-10,12H2,1-4H3,(H,23,26). The summed E-state index contributed by atoms with van der Waals surface area (Å²) in [5, 5.41) is 6.04. The number of amides is 1. The van der Waals surface area contributed by atoms with E-state index in [9.17, 15) is 9.18 Å². The maximum atomic E-state index is 13.5. The van der Waals surface area contributed by atoms with Gasteiger partial charge in [0.15, 0.2) is 5.13 Å². The minimum atomic E-state index is -0.336. The number of anilines is 1. The van der Waals surface area contributed by atoms with Crippen LogP contribution in [0.5, 0.6) is 0 Å². The van der Waals surface area contributed by atoms with E-state index in [1.165, 1.54) is 6.07 Å². The van der Waals surface area contributed by atoms with Gasteiger partial charge in [0, 0.05) is 41.4 Å². The molecular weight excluding hydrogens is 361 g/mol. The van der Waals surface area contributed by atoms with Crippen molar-refractivity contribution < 1.29 is 9.18 Å². The van der Waals surface area contributed by atoms with Crippen molar-refractivity contribution in [2.75, 3.05) is 18.0 Å². The zero-order chi connectivity index (χ0) is 19.6. The van der Waals surface area contributed by atoms with E-state index in [4.69, 9.17) is 4.98 Å². The van der Waals surface area contributed by atoms with E-state index in [0.717, 1.165) is 30.3 Å². The highest BCUT2D eigenvalue weighted by atomic mass is 32.1. The van der Waals surface area contributed by atoms with E-state index in [1.807, 2.05) is 0 Å². The summed E-state index contributed by atoms with van der Waals surface area (Å²) in [6.07, 6.45) is 0.858. The third-order valence-corrected chi connectivity index (χ3v) is 5.45. The molecule has 1 aliphatic rings. The summed E-state index contributed by atoms with van der Waals surface area (Å²) in [5.74, 6) is 4.63. The third kappa shape index (κ3) is 4.86. The number of halogens is 1. The van der Waals surface area contributed by atoms with Crippen molar-refractivity contribution >= 4 is 22.4 Å². The van der Waals surface area contributed by atoms with Gasteiger partial charge in [0.2, 0.25) is 0 Å². The van der Waals surface area contributed by atoms with Crippen molar-refractivity contribution in [2.24, 2.45) is 0 Å². The number of nitrogens with one attached hydrogen (secondary N) is 1. The summed E-state index contributed by atoms with van der Waals surface area (Å²) < 4.78 is 13.5. The molecule has 1 aliphatic heterocycles. The van der Waals surface area contributed by atoms with E-state index < -0.39 is 0 Å². The number of aryl methyl sites for hydroxylation is 1. The first-order chi connectivity index (χ1) is 12.7. The normalized spacial score (nSPS) is 16.8. The first-order valence-corrected chi connectivity index (χ1v) is 9.90. The van der Waals surface area contributed by atoms with Gasteiger partial charge in [-0.15, -0.1) is 11.3 Å². The molecule has 4 nitrogen and oxygen atoms in total. The van der Waals surface area contributed by atoms with E-state index in [2.05, 4.69) is 48.2 Å². The van der Waals surface area contributed by atoms with Crippen molar-refractivity contribution in [3.05, 3.63) is 46.2 Å². The van der Waals surface area contributed by atoms with E-state index >= 15 is 0 Å². The fourth-order valence-electron chi connectivity index (χ4n) is 2.83. The molecule has 142 valence electrons. The molecule has 1 aromatic heterocycles. The van der Waals surface area contributed by atoms with Crippen molar-refractivity contribution in [2.45, 2.75) is 45.6 Å². The van der Waals surface area contributed by atoms with Crippen molar-refractivity contribution in [1.29, 1.82) is 0 Å². The second-order valence-corrected chi connectivity index (χ2v) is 8.72. The van der Waals surface area contributed by atoms with Gasteiger partial charge in [-0.3, -0.25) is 4.79 Å². The lowest BCUT2D eigenvalue weighted by molar-refractivity contribution is -0.116. The zero-order valence-electron chi connectivity index (χ0n) is 16.1. The molecule has 6 heteroatoms. The zero-order valence-corrected chi connectivity index (χ0v) is 16.9. The van der Waals surface area contributed by atoms with Gasteiger partial charge in [-0.2, -0.15) is 0 Å². The molecule has 1 aromatic carbocycles. The van der Waals surface area contributed by atoms with Gasteiger partial charge in [-0.1, -0.05) is 32.8 Å². The smallest absolute Gasteiger partial charge is 0.296 e. The van der Waals surface area contributed by atoms with E-state index in [1.54, 1.807) is 30.4 Å². The molecule has 3 rings (SSSR count). The van der Waals surface area contributed by atoms with E-state index in [-0.39, 0.29) is 23.2 Å². The van der Waals surface area contributed by atoms with Crippen molar-refractivity contribution in [1.82, 2.24) is 10.3 Å². The predicted molar refractivity (Wildman–Crippen MR) is 108 cm³/mol. The minimum Gasteiger partial charge on any atom is -0.346 e. The second kappa shape index (κ2) is 7.69. The van der Waals surface area contributed by atoms with Crippen LogP contribution in [0.1, 0.15) is 44.0 Å². The fourth-order valence-corrected chi connectivity index (χ4v) is 3.92. The van der Waals surface area contributed by atoms with Gasteiger partial charge in [0.25, 0.3) is 5.91 Å². The molecule has 2 heterocycles. The van der Waals surface area contributed by atoms with Crippen LogP contribution in [0.2, 0.25) is 0 Å². The van der Waals surface area contributed by atoms with Crippen LogP contribution in [0.4, 0.5) is 9.52 Å². The first-order valence-electron chi connectivity index (χ1n) is 9.02. The average molecular weight is 386 g/mol. The number of rotatable bonds is 2. The Morgan fingerprint density at radius 1 is 1.41 bits per heavy atom. The van der Waals surface area contributed by atoms with Gasteiger partial charge in [-0.25, -0.2) is 9.37 Å². The first kappa shape index (κ1) is 19.4. The Morgan fingerprint density at radius 2 is 2.19 bits per heavy atom. The van der Waals surface area contributed by atoms with Crippen LogP contribution in [0.3, 0.4) is 0 Å². The molecule has 1 fully saturated rings. The summed E-state index contributed by atoms with van der Waals surface area (Å²) in [6.45, 7) is 9.73. The predicted octanol–water partition coefficient (Wildman–Crippen LogP) is 3.63. The van der Waals surface area contributed by atoms with Gasteiger partial charge in [0.1, 0.15) is 5.82 Å². The maximum Gasteiger partial charge on any atom is 0.296 e. The largest absolute Gasteiger partial charge is 0.346 e. The Bertz CT molecular complexity index is 904. The number of nitrogens with zero attached hydrogens (tertiary/aromatic N) is 2. The van der Waals surface area contributed by atoms with Crippen LogP contribution < -0.4 is 10.2 Å². The van der Waals surface area contributed by atoms with Crippen LogP contribution in [-0.2, 0) is 10.2 Å². The molecular formula is C21H24FN3OS. The number of carbonyl (C=O) groups is 1. The van der Waals surface area contributed by atoms with Crippen molar-refractivity contribution in [3.8, 4) is 11.8 Å². The third-order valence-electron chi connectivity index (χ3n) is 4.55. The molecule has 0 spiro atoms. The Kier molecular flexibility index (Phi) is 5.52. The second-order valence-electron chi connectivity index (χ2n) is 7.88. The molecule has 1 N–H and O–H groups in total. The van der Waals surface area contributed by atoms with Crippen LogP contribution >= 0.6 is 11.3 Å². The summed E-state index contributed by atoms with van der Waals surface area (Å²) in [7, 11) is 0. The molecule has 0 aliphatic carbocycles. The molecule has 0 saturated carbocycles. The number of hydrogen-bond acceptors (Lipinski definition) is 4. The maximum absolute atomic E-state index is 13.5. The lowest BCUT2D eigenvalue weighted by Gasteiger charge is -2.17. The summed E-state index contributed by atoms with van der Waals surface area (Å²) >= 11 is 1.64. The molecule has 0 bridgehead atoms. The Balaban J connectivity index is 1.57. The molecule has 0 radical (unpaired) electrons. The highest BCUT2D eigenvalue weighted by Gasteiger charge is 2.27. The van der Waals surface area contributed by atoms with Crippen LogP contribution in [0, 0.1) is 24.6 Å². The molecule has 1 unspecified atom stereocenters. The highest BCUT2D eigenvalue weighted by Crippen LogP contribution is 2.30. The lowest BCUT2D eigenvalue weighted by Crippen LogP contribution is -2.36. The average Bonchev–Trinajstić information content (AvgIpc) is 3.24. The van der Waals surface area contributed by atoms with Gasteiger partial charge in [-0.05, 0) is 31.0 Å². The number of carbonyl (C=O) groups excluding carboxylic acids is 1. The molecule has 2 aromatic rings. The Hall–Kier alpha value is -2.39. The number of hydrogen-bond donors (Lipinski definition) is 1. The minimum absolute atomic E-state index is 0.0349. The van der Waals surface area contributed by atoms with Gasteiger partial charge >= 0.3 is 0 Å².